The highest BCUT2D eigenvalue weighted by molar-refractivity contribution is 6.35. The molecule has 1 N–H and O–H groups in total. The first-order chi connectivity index (χ1) is 12.6. The number of amides is 1. The number of halogens is 2. The van der Waals surface area contributed by atoms with Gasteiger partial charge in [0.1, 0.15) is 0 Å². The molecular weight excluding hydrogens is 367 g/mol. The molecule has 1 fully saturated rings. The van der Waals surface area contributed by atoms with Gasteiger partial charge in [0.2, 0.25) is 5.91 Å². The second kappa shape index (κ2) is 9.40. The maximum Gasteiger partial charge on any atom is 0.224 e. The van der Waals surface area contributed by atoms with Crippen molar-refractivity contribution in [1.29, 1.82) is 0 Å². The van der Waals surface area contributed by atoms with Crippen LogP contribution in [-0.2, 0) is 17.8 Å². The van der Waals surface area contributed by atoms with Crippen molar-refractivity contribution < 1.29 is 4.79 Å². The third-order valence-corrected chi connectivity index (χ3v) is 5.58. The highest BCUT2D eigenvalue weighted by Gasteiger charge is 2.26. The Bertz CT molecular complexity index is 716. The normalized spacial score (nSPS) is 17.8. The van der Waals surface area contributed by atoms with Crippen molar-refractivity contribution in [2.45, 2.75) is 25.8 Å². The number of hydrogen-bond acceptors (Lipinski definition) is 2. The van der Waals surface area contributed by atoms with Crippen LogP contribution in [0.3, 0.4) is 0 Å². The summed E-state index contributed by atoms with van der Waals surface area (Å²) in [4.78, 5) is 14.8. The molecule has 26 heavy (non-hydrogen) atoms. The standard InChI is InChI=1S/C21H24Cl2N2O/c22-19-9-4-10-20(23)18(19)15-25-13-5-8-17(14-25)21(26)24-12-11-16-6-2-1-3-7-16/h1-4,6-7,9-10,17H,5,8,11-15H2,(H,24,26). The molecule has 3 rings (SSSR count). The average Bonchev–Trinajstić information content (AvgIpc) is 2.66. The molecule has 0 radical (unpaired) electrons. The summed E-state index contributed by atoms with van der Waals surface area (Å²) in [6.45, 7) is 3.08. The van der Waals surface area contributed by atoms with Crippen LogP contribution in [0.2, 0.25) is 10.0 Å². The molecule has 1 heterocycles. The predicted molar refractivity (Wildman–Crippen MR) is 108 cm³/mol. The summed E-state index contributed by atoms with van der Waals surface area (Å²) >= 11 is 12.6. The maximum atomic E-state index is 12.5. The molecule has 138 valence electrons. The Morgan fingerprint density at radius 2 is 1.81 bits per heavy atom. The second-order valence-electron chi connectivity index (χ2n) is 6.80. The highest BCUT2D eigenvalue weighted by atomic mass is 35.5. The molecule has 0 aliphatic carbocycles. The van der Waals surface area contributed by atoms with Gasteiger partial charge in [0.15, 0.2) is 0 Å². The van der Waals surface area contributed by atoms with Gasteiger partial charge in [-0.2, -0.15) is 0 Å². The molecule has 0 aromatic heterocycles. The topological polar surface area (TPSA) is 32.3 Å². The number of benzene rings is 2. The minimum Gasteiger partial charge on any atom is -0.355 e. The van der Waals surface area contributed by atoms with E-state index in [1.807, 2.05) is 36.4 Å². The van der Waals surface area contributed by atoms with Crippen LogP contribution >= 0.6 is 23.2 Å². The van der Waals surface area contributed by atoms with E-state index >= 15 is 0 Å². The monoisotopic (exact) mass is 390 g/mol. The van der Waals surface area contributed by atoms with E-state index in [-0.39, 0.29) is 11.8 Å². The Morgan fingerprint density at radius 1 is 1.08 bits per heavy atom. The third-order valence-electron chi connectivity index (χ3n) is 4.88. The molecule has 1 aliphatic heterocycles. The SMILES string of the molecule is O=C(NCCc1ccccc1)C1CCCN(Cc2c(Cl)cccc2Cl)C1. The van der Waals surface area contributed by atoms with Crippen LogP contribution in [0.25, 0.3) is 0 Å². The lowest BCUT2D eigenvalue weighted by molar-refractivity contribution is -0.126. The number of nitrogens with one attached hydrogen (secondary N) is 1. The van der Waals surface area contributed by atoms with Crippen molar-refractivity contribution >= 4 is 29.1 Å². The molecule has 2 aromatic rings. The molecule has 0 saturated carbocycles. The number of carbonyl (C=O) groups excluding carboxylic acids is 1. The van der Waals surface area contributed by atoms with E-state index < -0.39 is 0 Å². The van der Waals surface area contributed by atoms with Crippen molar-refractivity contribution in [1.82, 2.24) is 10.2 Å². The smallest absolute Gasteiger partial charge is 0.224 e. The number of hydrogen-bond donors (Lipinski definition) is 1. The second-order valence-corrected chi connectivity index (χ2v) is 7.62. The van der Waals surface area contributed by atoms with Gasteiger partial charge in [0, 0.05) is 35.2 Å². The van der Waals surface area contributed by atoms with Crippen LogP contribution in [0.15, 0.2) is 48.5 Å². The van der Waals surface area contributed by atoms with Crippen LogP contribution in [0.5, 0.6) is 0 Å². The van der Waals surface area contributed by atoms with Gasteiger partial charge >= 0.3 is 0 Å². The van der Waals surface area contributed by atoms with Crippen molar-refractivity contribution in [2.75, 3.05) is 19.6 Å². The van der Waals surface area contributed by atoms with Gasteiger partial charge in [-0.1, -0.05) is 59.6 Å². The molecule has 1 saturated heterocycles. The molecule has 2 aromatic carbocycles. The van der Waals surface area contributed by atoms with Crippen LogP contribution in [-0.4, -0.2) is 30.4 Å². The number of piperidine rings is 1. The lowest BCUT2D eigenvalue weighted by atomic mass is 9.96. The van der Waals surface area contributed by atoms with Gasteiger partial charge in [-0.05, 0) is 43.5 Å². The fourth-order valence-corrected chi connectivity index (χ4v) is 3.96. The van der Waals surface area contributed by atoms with Crippen LogP contribution < -0.4 is 5.32 Å². The molecule has 1 amide bonds. The quantitative estimate of drug-likeness (QED) is 0.783. The van der Waals surface area contributed by atoms with E-state index in [0.29, 0.717) is 23.1 Å². The number of nitrogens with zero attached hydrogens (tertiary/aromatic N) is 1. The summed E-state index contributed by atoms with van der Waals surface area (Å²) in [6, 6.07) is 15.8. The summed E-state index contributed by atoms with van der Waals surface area (Å²) in [5.41, 5.74) is 2.19. The van der Waals surface area contributed by atoms with Crippen LogP contribution in [0, 0.1) is 5.92 Å². The van der Waals surface area contributed by atoms with E-state index in [2.05, 4.69) is 22.3 Å². The molecule has 0 bridgehead atoms. The van der Waals surface area contributed by atoms with Crippen molar-refractivity contribution in [3.8, 4) is 0 Å². The Balaban J connectivity index is 1.50. The van der Waals surface area contributed by atoms with E-state index in [4.69, 9.17) is 23.2 Å². The Hall–Kier alpha value is -1.55. The maximum absolute atomic E-state index is 12.5. The van der Waals surface area contributed by atoms with Gasteiger partial charge in [0.25, 0.3) is 0 Å². The molecule has 1 atom stereocenters. The lowest BCUT2D eigenvalue weighted by Crippen LogP contribution is -2.43. The van der Waals surface area contributed by atoms with Gasteiger partial charge < -0.3 is 5.32 Å². The first-order valence-corrected chi connectivity index (χ1v) is 9.86. The minimum absolute atomic E-state index is 0.0285. The molecular formula is C21H24Cl2N2O. The van der Waals surface area contributed by atoms with Gasteiger partial charge in [-0.15, -0.1) is 0 Å². The van der Waals surface area contributed by atoms with Gasteiger partial charge in [0.05, 0.1) is 5.92 Å². The van der Waals surface area contributed by atoms with Crippen LogP contribution in [0.1, 0.15) is 24.0 Å². The average molecular weight is 391 g/mol. The number of likely N-dealkylation sites (tertiary alicyclic amines) is 1. The Kier molecular flexibility index (Phi) is 6.95. The number of carbonyl (C=O) groups is 1. The van der Waals surface area contributed by atoms with Gasteiger partial charge in [-0.3, -0.25) is 9.69 Å². The number of rotatable bonds is 6. The molecule has 3 nitrogen and oxygen atoms in total. The van der Waals surface area contributed by atoms with E-state index in [1.54, 1.807) is 0 Å². The summed E-state index contributed by atoms with van der Waals surface area (Å²) in [7, 11) is 0. The van der Waals surface area contributed by atoms with Gasteiger partial charge in [-0.25, -0.2) is 0 Å². The third kappa shape index (κ3) is 5.23. The van der Waals surface area contributed by atoms with Crippen molar-refractivity contribution in [3.63, 3.8) is 0 Å². The fraction of sp³-hybridized carbons (Fsp3) is 0.381. The molecule has 1 aliphatic rings. The van der Waals surface area contributed by atoms with Crippen LogP contribution in [0.4, 0.5) is 0 Å². The van der Waals surface area contributed by atoms with E-state index in [9.17, 15) is 4.79 Å². The van der Waals surface area contributed by atoms with Crippen molar-refractivity contribution in [2.24, 2.45) is 5.92 Å². The predicted octanol–water partition coefficient (Wildman–Crippen LogP) is 4.56. The zero-order valence-electron chi connectivity index (χ0n) is 14.8. The first-order valence-electron chi connectivity index (χ1n) is 9.10. The van der Waals surface area contributed by atoms with Crippen molar-refractivity contribution in [3.05, 3.63) is 69.7 Å². The Morgan fingerprint density at radius 3 is 2.54 bits per heavy atom. The zero-order chi connectivity index (χ0) is 18.4. The summed E-state index contributed by atoms with van der Waals surface area (Å²) < 4.78 is 0. The minimum atomic E-state index is 0.0285. The lowest BCUT2D eigenvalue weighted by Gasteiger charge is -2.32. The summed E-state index contributed by atoms with van der Waals surface area (Å²) in [5, 5.41) is 4.46. The molecule has 5 heteroatoms. The zero-order valence-corrected chi connectivity index (χ0v) is 16.3. The molecule has 1 unspecified atom stereocenters. The highest BCUT2D eigenvalue weighted by Crippen LogP contribution is 2.27. The van der Waals surface area contributed by atoms with E-state index in [1.165, 1.54) is 5.56 Å². The van der Waals surface area contributed by atoms with E-state index in [0.717, 1.165) is 37.9 Å². The summed E-state index contributed by atoms with van der Waals surface area (Å²) in [5.74, 6) is 0.177. The summed E-state index contributed by atoms with van der Waals surface area (Å²) in [6.07, 6.45) is 2.81. The molecule has 0 spiro atoms. The largest absolute Gasteiger partial charge is 0.355 e. The fourth-order valence-electron chi connectivity index (χ4n) is 3.44. The first kappa shape index (κ1) is 19.2. The Labute approximate surface area is 165 Å².